The van der Waals surface area contributed by atoms with Gasteiger partial charge in [-0.25, -0.2) is 0 Å². The largest absolute Gasteiger partial charge is 0.374 e. The molecular weight excluding hydrogens is 176 g/mol. The van der Waals surface area contributed by atoms with Gasteiger partial charge in [0.15, 0.2) is 0 Å². The Morgan fingerprint density at radius 3 is 1.91 bits per heavy atom. The van der Waals surface area contributed by atoms with Crippen LogP contribution in [0.15, 0.2) is 0 Å². The van der Waals surface area contributed by atoms with Crippen molar-refractivity contribution < 1.29 is 0 Å². The average molecular weight is 192 g/mol. The Morgan fingerprint density at radius 2 is 1.82 bits per heavy atom. The van der Waals surface area contributed by atoms with Crippen LogP contribution < -0.4 is 10.6 Å². The smallest absolute Gasteiger partial charge is 0.130 e. The lowest BCUT2D eigenvalue weighted by atomic mass is 10.2. The van der Waals surface area contributed by atoms with Gasteiger partial charge in [0.05, 0.1) is 0 Å². The highest BCUT2D eigenvalue weighted by molar-refractivity contribution is 8.11. The van der Waals surface area contributed by atoms with Gasteiger partial charge in [0.25, 0.3) is 0 Å². The Bertz CT molecular complexity index is 91.1. The summed E-state index contributed by atoms with van der Waals surface area (Å²) in [4.78, 5) is 0. The lowest BCUT2D eigenvalue weighted by Gasteiger charge is -2.08. The van der Waals surface area contributed by atoms with Gasteiger partial charge in [-0.05, 0) is 25.9 Å². The highest BCUT2D eigenvalue weighted by Gasteiger charge is 1.93. The molecule has 0 saturated carbocycles. The van der Waals surface area contributed by atoms with E-state index in [-0.39, 0.29) is 0 Å². The summed E-state index contributed by atoms with van der Waals surface area (Å²) in [5.74, 6) is 0. The minimum absolute atomic E-state index is 0.532. The molecule has 66 valence electrons. The van der Waals surface area contributed by atoms with Gasteiger partial charge in [0, 0.05) is 7.05 Å². The molecule has 1 heterocycles. The molecule has 0 spiro atoms. The van der Waals surface area contributed by atoms with Crippen molar-refractivity contribution in [1.82, 2.24) is 10.6 Å². The van der Waals surface area contributed by atoms with E-state index in [2.05, 4.69) is 35.5 Å². The van der Waals surface area contributed by atoms with Gasteiger partial charge in [0.2, 0.25) is 0 Å². The number of piperidine rings is 1. The average Bonchev–Trinajstić information content (AvgIpc) is 2.09. The highest BCUT2D eigenvalue weighted by Crippen LogP contribution is 1.96. The van der Waals surface area contributed by atoms with Crippen LogP contribution in [0.3, 0.4) is 0 Å². The molecule has 0 bridgehead atoms. The van der Waals surface area contributed by atoms with Crippen molar-refractivity contribution in [2.45, 2.75) is 19.3 Å². The van der Waals surface area contributed by atoms with E-state index in [1.807, 2.05) is 0 Å². The molecule has 0 amide bonds. The second kappa shape index (κ2) is 8.30. The Labute approximate surface area is 79.5 Å². The summed E-state index contributed by atoms with van der Waals surface area (Å²) in [6, 6.07) is 0. The van der Waals surface area contributed by atoms with Gasteiger partial charge in [-0.1, -0.05) is 18.6 Å². The number of thiol groups is 1. The van der Waals surface area contributed by atoms with Crippen LogP contribution in [0.1, 0.15) is 19.3 Å². The number of hydrogen-bond donors (Lipinski definition) is 3. The Kier molecular flexibility index (Phi) is 8.45. The van der Waals surface area contributed by atoms with Gasteiger partial charge in [-0.3, -0.25) is 0 Å². The van der Waals surface area contributed by atoms with Crippen LogP contribution in [0.25, 0.3) is 0 Å². The maximum atomic E-state index is 4.45. The van der Waals surface area contributed by atoms with Gasteiger partial charge >= 0.3 is 0 Å². The zero-order chi connectivity index (χ0) is 8.53. The van der Waals surface area contributed by atoms with E-state index >= 15 is 0 Å². The molecular formula is C7H16N2S2. The van der Waals surface area contributed by atoms with Gasteiger partial charge in [-0.2, -0.15) is 0 Å². The van der Waals surface area contributed by atoms with Crippen molar-refractivity contribution >= 4 is 29.2 Å². The molecule has 1 aliphatic heterocycles. The van der Waals surface area contributed by atoms with Crippen molar-refractivity contribution in [3.63, 3.8) is 0 Å². The standard InChI is InChI=1S/C5H11N.C2H5NS2/c1-2-4-6-5-3-1;1-3-2(4)5/h6H,1-5H2;1H3,(H2,3,4,5). The van der Waals surface area contributed by atoms with Crippen LogP contribution in [-0.2, 0) is 0 Å². The molecule has 4 heteroatoms. The van der Waals surface area contributed by atoms with Crippen molar-refractivity contribution in [2.75, 3.05) is 20.1 Å². The normalized spacial score (nSPS) is 16.2. The molecule has 1 fully saturated rings. The van der Waals surface area contributed by atoms with E-state index in [1.165, 1.54) is 32.4 Å². The molecule has 11 heavy (non-hydrogen) atoms. The molecule has 0 radical (unpaired) electrons. The van der Waals surface area contributed by atoms with Crippen LogP contribution in [0.2, 0.25) is 0 Å². The van der Waals surface area contributed by atoms with Crippen LogP contribution in [0, 0.1) is 0 Å². The molecule has 0 aromatic rings. The van der Waals surface area contributed by atoms with E-state index in [1.54, 1.807) is 7.05 Å². The lowest BCUT2D eigenvalue weighted by molar-refractivity contribution is 0.520. The van der Waals surface area contributed by atoms with E-state index in [4.69, 9.17) is 0 Å². The van der Waals surface area contributed by atoms with Gasteiger partial charge in [-0.15, -0.1) is 12.6 Å². The minimum Gasteiger partial charge on any atom is -0.374 e. The van der Waals surface area contributed by atoms with Crippen LogP contribution in [0.4, 0.5) is 0 Å². The molecule has 1 rings (SSSR count). The third-order valence-corrected chi connectivity index (χ3v) is 1.85. The highest BCUT2D eigenvalue weighted by atomic mass is 32.1. The van der Waals surface area contributed by atoms with Crippen LogP contribution in [-0.4, -0.2) is 24.5 Å². The fraction of sp³-hybridized carbons (Fsp3) is 0.857. The second-order valence-corrected chi connectivity index (χ2v) is 3.52. The van der Waals surface area contributed by atoms with Crippen LogP contribution >= 0.6 is 24.8 Å². The second-order valence-electron chi connectivity index (χ2n) is 2.37. The molecule has 0 aromatic carbocycles. The maximum Gasteiger partial charge on any atom is 0.130 e. The predicted octanol–water partition coefficient (Wildman–Crippen LogP) is 1.18. The molecule has 0 unspecified atom stereocenters. The molecule has 0 atom stereocenters. The Balaban J connectivity index is 0.000000187. The van der Waals surface area contributed by atoms with E-state index in [9.17, 15) is 0 Å². The van der Waals surface area contributed by atoms with Crippen molar-refractivity contribution in [3.8, 4) is 0 Å². The van der Waals surface area contributed by atoms with Gasteiger partial charge in [0.1, 0.15) is 4.32 Å². The molecule has 0 aromatic heterocycles. The molecule has 0 aliphatic carbocycles. The topological polar surface area (TPSA) is 24.1 Å². The molecule has 1 aliphatic rings. The maximum absolute atomic E-state index is 4.45. The molecule has 1 saturated heterocycles. The third-order valence-electron chi connectivity index (χ3n) is 1.42. The zero-order valence-corrected chi connectivity index (χ0v) is 8.60. The number of nitrogens with one attached hydrogen (secondary N) is 2. The Morgan fingerprint density at radius 1 is 1.36 bits per heavy atom. The van der Waals surface area contributed by atoms with E-state index in [0.717, 1.165) is 0 Å². The first-order chi connectivity index (χ1) is 5.27. The number of rotatable bonds is 0. The SMILES string of the molecule is C1CCNCC1.CNC(=S)S. The molecule has 2 N–H and O–H groups in total. The third kappa shape index (κ3) is 10.2. The van der Waals surface area contributed by atoms with Crippen molar-refractivity contribution in [1.29, 1.82) is 0 Å². The monoisotopic (exact) mass is 192 g/mol. The van der Waals surface area contributed by atoms with Crippen molar-refractivity contribution in [2.24, 2.45) is 0 Å². The summed E-state index contributed by atoms with van der Waals surface area (Å²) >= 11 is 8.17. The summed E-state index contributed by atoms with van der Waals surface area (Å²) in [6.07, 6.45) is 4.22. The summed E-state index contributed by atoms with van der Waals surface area (Å²) in [5, 5.41) is 5.91. The predicted molar refractivity (Wildman–Crippen MR) is 57.4 cm³/mol. The molecule has 2 nitrogen and oxygen atoms in total. The summed E-state index contributed by atoms with van der Waals surface area (Å²) in [7, 11) is 1.73. The lowest BCUT2D eigenvalue weighted by Crippen LogP contribution is -2.21. The van der Waals surface area contributed by atoms with Gasteiger partial charge < -0.3 is 10.6 Å². The first-order valence-corrected chi connectivity index (χ1v) is 4.74. The quantitative estimate of drug-likeness (QED) is 0.397. The zero-order valence-electron chi connectivity index (χ0n) is 6.89. The first kappa shape index (κ1) is 11.2. The first-order valence-electron chi connectivity index (χ1n) is 3.88. The summed E-state index contributed by atoms with van der Waals surface area (Å²) in [6.45, 7) is 2.50. The summed E-state index contributed by atoms with van der Waals surface area (Å²) < 4.78 is 0.532. The minimum atomic E-state index is 0.532. The van der Waals surface area contributed by atoms with E-state index < -0.39 is 0 Å². The number of hydrogen-bond acceptors (Lipinski definition) is 2. The van der Waals surface area contributed by atoms with E-state index in [0.29, 0.717) is 4.32 Å². The Hall–Kier alpha value is 0.200. The van der Waals surface area contributed by atoms with Crippen LogP contribution in [0.5, 0.6) is 0 Å². The fourth-order valence-corrected chi connectivity index (χ4v) is 0.802. The summed E-state index contributed by atoms with van der Waals surface area (Å²) in [5.41, 5.74) is 0. The van der Waals surface area contributed by atoms with Crippen molar-refractivity contribution in [3.05, 3.63) is 0 Å². The fourth-order valence-electron chi connectivity index (χ4n) is 0.802. The number of thiocarbonyl (C=S) groups is 1.